The average molecular weight is 378 g/mol. The van der Waals surface area contributed by atoms with Gasteiger partial charge in [0.05, 0.1) is 12.1 Å². The minimum Gasteiger partial charge on any atom is -0.511 e. The molecule has 1 saturated heterocycles. The van der Waals surface area contributed by atoms with E-state index in [0.717, 1.165) is 45.6 Å². The van der Waals surface area contributed by atoms with Crippen LogP contribution >= 0.6 is 0 Å². The topological polar surface area (TPSA) is 73.2 Å². The molecule has 1 N–H and O–H groups in total. The third kappa shape index (κ3) is 6.16. The first-order valence-electron chi connectivity index (χ1n) is 10.2. The summed E-state index contributed by atoms with van der Waals surface area (Å²) in [5.41, 5.74) is 0.876. The number of rotatable bonds is 7. The van der Waals surface area contributed by atoms with Gasteiger partial charge in [0.25, 0.3) is 0 Å². The Kier molecular flexibility index (Phi) is 7.59. The van der Waals surface area contributed by atoms with Crippen LogP contribution in [-0.4, -0.2) is 71.6 Å². The second-order valence-corrected chi connectivity index (χ2v) is 8.56. The molecular weight excluding hydrogens is 342 g/mol. The average Bonchev–Trinajstić information content (AvgIpc) is 2.58. The van der Waals surface area contributed by atoms with Gasteiger partial charge in [-0.15, -0.1) is 0 Å². The number of hydrogen-bond donors (Lipinski definition) is 1. The Morgan fingerprint density at radius 3 is 2.44 bits per heavy atom. The molecule has 2 aliphatic rings. The smallest absolute Gasteiger partial charge is 0.222 e. The van der Waals surface area contributed by atoms with E-state index in [1.54, 1.807) is 0 Å². The lowest BCUT2D eigenvalue weighted by molar-refractivity contribution is -0.133. The predicted molar refractivity (Wildman–Crippen MR) is 108 cm³/mol. The number of allylic oxidation sites excluding steroid dienone is 2. The minimum absolute atomic E-state index is 0.00999. The molecule has 1 aliphatic carbocycles. The summed E-state index contributed by atoms with van der Waals surface area (Å²) < 4.78 is 0. The lowest BCUT2D eigenvalue weighted by Crippen LogP contribution is -2.49. The summed E-state index contributed by atoms with van der Waals surface area (Å²) in [6.07, 6.45) is 3.65. The zero-order valence-corrected chi connectivity index (χ0v) is 17.4. The molecule has 0 unspecified atom stereocenters. The highest BCUT2D eigenvalue weighted by Crippen LogP contribution is 2.36. The standard InChI is InChI=1S/C21H35N3O3/c1-5-6-7-19(27)24-12-10-23(11-13-24)9-8-22-16(2)20-17(25)14-21(3,4)15-18(20)26/h25H,5-15H2,1-4H3. The number of carbonyl (C=O) groups excluding carboxylic acids is 2. The maximum absolute atomic E-state index is 12.4. The fraction of sp³-hybridized carbons (Fsp3) is 0.762. The highest BCUT2D eigenvalue weighted by molar-refractivity contribution is 6.22. The number of aliphatic hydroxyl groups is 1. The molecule has 1 fully saturated rings. The Bertz CT molecular complexity index is 614. The maximum Gasteiger partial charge on any atom is 0.222 e. The van der Waals surface area contributed by atoms with Crippen LogP contribution in [-0.2, 0) is 9.59 Å². The first-order chi connectivity index (χ1) is 12.7. The van der Waals surface area contributed by atoms with Crippen molar-refractivity contribution >= 4 is 17.4 Å². The monoisotopic (exact) mass is 377 g/mol. The number of unbranched alkanes of at least 4 members (excludes halogenated alkanes) is 1. The van der Waals surface area contributed by atoms with E-state index in [-0.39, 0.29) is 22.9 Å². The number of piperazine rings is 1. The summed E-state index contributed by atoms with van der Waals surface area (Å²) in [6.45, 7) is 12.6. The van der Waals surface area contributed by atoms with E-state index in [2.05, 4.69) is 16.8 Å². The van der Waals surface area contributed by atoms with Crippen LogP contribution in [0, 0.1) is 5.41 Å². The highest BCUT2D eigenvalue weighted by atomic mass is 16.3. The van der Waals surface area contributed by atoms with Crippen LogP contribution < -0.4 is 0 Å². The lowest BCUT2D eigenvalue weighted by atomic mass is 9.76. The molecule has 0 aromatic heterocycles. The molecule has 0 saturated carbocycles. The van der Waals surface area contributed by atoms with Crippen molar-refractivity contribution in [3.05, 3.63) is 11.3 Å². The number of ketones is 1. The Hall–Kier alpha value is -1.69. The van der Waals surface area contributed by atoms with Crippen molar-refractivity contribution < 1.29 is 14.7 Å². The van der Waals surface area contributed by atoms with E-state index in [4.69, 9.17) is 0 Å². The van der Waals surface area contributed by atoms with Gasteiger partial charge in [0, 0.05) is 57.7 Å². The van der Waals surface area contributed by atoms with E-state index in [0.29, 0.717) is 37.1 Å². The predicted octanol–water partition coefficient (Wildman–Crippen LogP) is 2.98. The molecule has 0 radical (unpaired) electrons. The largest absolute Gasteiger partial charge is 0.511 e. The van der Waals surface area contributed by atoms with Gasteiger partial charge in [-0.25, -0.2) is 0 Å². The van der Waals surface area contributed by atoms with Gasteiger partial charge in [-0.05, 0) is 18.8 Å². The van der Waals surface area contributed by atoms with E-state index in [1.807, 2.05) is 25.7 Å². The van der Waals surface area contributed by atoms with Crippen molar-refractivity contribution in [2.75, 3.05) is 39.3 Å². The van der Waals surface area contributed by atoms with Crippen LogP contribution in [0.2, 0.25) is 0 Å². The maximum atomic E-state index is 12.4. The summed E-state index contributed by atoms with van der Waals surface area (Å²) in [5.74, 6) is 0.437. The van der Waals surface area contributed by atoms with E-state index < -0.39 is 0 Å². The molecule has 0 bridgehead atoms. The third-order valence-electron chi connectivity index (χ3n) is 5.45. The summed E-state index contributed by atoms with van der Waals surface area (Å²) in [5, 5.41) is 10.3. The van der Waals surface area contributed by atoms with Crippen LogP contribution in [0.1, 0.15) is 59.8 Å². The molecule has 1 aliphatic heterocycles. The first kappa shape index (κ1) is 21.6. The van der Waals surface area contributed by atoms with Crippen LogP contribution in [0.15, 0.2) is 16.3 Å². The first-order valence-corrected chi connectivity index (χ1v) is 10.2. The van der Waals surface area contributed by atoms with Crippen molar-refractivity contribution in [1.82, 2.24) is 9.80 Å². The van der Waals surface area contributed by atoms with E-state index >= 15 is 0 Å². The second kappa shape index (κ2) is 9.49. The van der Waals surface area contributed by atoms with Crippen molar-refractivity contribution in [3.63, 3.8) is 0 Å². The van der Waals surface area contributed by atoms with Crippen LogP contribution in [0.4, 0.5) is 0 Å². The molecule has 2 rings (SSSR count). The number of amides is 1. The molecule has 0 spiro atoms. The van der Waals surface area contributed by atoms with Crippen LogP contribution in [0.5, 0.6) is 0 Å². The minimum atomic E-state index is -0.181. The molecule has 1 amide bonds. The fourth-order valence-corrected chi connectivity index (χ4v) is 3.84. The molecule has 1 heterocycles. The summed E-state index contributed by atoms with van der Waals surface area (Å²) in [6, 6.07) is 0. The van der Waals surface area contributed by atoms with Gasteiger partial charge in [0.15, 0.2) is 5.78 Å². The number of nitrogens with zero attached hydrogens (tertiary/aromatic N) is 3. The van der Waals surface area contributed by atoms with Crippen molar-refractivity contribution in [2.45, 2.75) is 59.8 Å². The van der Waals surface area contributed by atoms with Crippen LogP contribution in [0.25, 0.3) is 0 Å². The van der Waals surface area contributed by atoms with E-state index in [9.17, 15) is 14.7 Å². The molecule has 27 heavy (non-hydrogen) atoms. The number of carbonyl (C=O) groups is 2. The highest BCUT2D eigenvalue weighted by Gasteiger charge is 2.34. The van der Waals surface area contributed by atoms with Gasteiger partial charge in [-0.2, -0.15) is 0 Å². The van der Waals surface area contributed by atoms with Crippen LogP contribution in [0.3, 0.4) is 0 Å². The Morgan fingerprint density at radius 2 is 1.85 bits per heavy atom. The zero-order chi connectivity index (χ0) is 20.0. The quantitative estimate of drug-likeness (QED) is 0.692. The van der Waals surface area contributed by atoms with Crippen molar-refractivity contribution in [1.29, 1.82) is 0 Å². The van der Waals surface area contributed by atoms with Gasteiger partial charge in [-0.3, -0.25) is 19.5 Å². The van der Waals surface area contributed by atoms with Crippen molar-refractivity contribution in [3.8, 4) is 0 Å². The van der Waals surface area contributed by atoms with Crippen molar-refractivity contribution in [2.24, 2.45) is 10.4 Å². The Labute approximate surface area is 163 Å². The van der Waals surface area contributed by atoms with Gasteiger partial charge in [0.2, 0.25) is 5.91 Å². The molecule has 6 nitrogen and oxygen atoms in total. The molecular formula is C21H35N3O3. The fourth-order valence-electron chi connectivity index (χ4n) is 3.84. The molecule has 0 aromatic rings. The number of aliphatic imine (C=N–C) groups is 1. The summed E-state index contributed by atoms with van der Waals surface area (Å²) >= 11 is 0. The Balaban J connectivity index is 1.81. The zero-order valence-electron chi connectivity index (χ0n) is 17.4. The summed E-state index contributed by atoms with van der Waals surface area (Å²) in [4.78, 5) is 33.2. The third-order valence-corrected chi connectivity index (χ3v) is 5.45. The van der Waals surface area contributed by atoms with Gasteiger partial charge < -0.3 is 10.0 Å². The molecule has 0 aromatic carbocycles. The van der Waals surface area contributed by atoms with Gasteiger partial charge in [-0.1, -0.05) is 27.2 Å². The summed E-state index contributed by atoms with van der Waals surface area (Å²) in [7, 11) is 0. The van der Waals surface area contributed by atoms with Gasteiger partial charge in [0.1, 0.15) is 5.76 Å². The molecule has 6 heteroatoms. The van der Waals surface area contributed by atoms with E-state index in [1.165, 1.54) is 0 Å². The number of aliphatic hydroxyl groups excluding tert-OH is 1. The number of Topliss-reactive ketones (excluding diaryl/α,β-unsaturated/α-hetero) is 1. The Morgan fingerprint density at radius 1 is 1.19 bits per heavy atom. The molecule has 0 atom stereocenters. The second-order valence-electron chi connectivity index (χ2n) is 8.56. The number of hydrogen-bond acceptors (Lipinski definition) is 5. The normalized spacial score (nSPS) is 21.7. The SMILES string of the molecule is CCCCC(=O)N1CCN(CCN=C(C)C2=C(O)CC(C)(C)CC2=O)CC1. The molecule has 152 valence electrons. The lowest BCUT2D eigenvalue weighted by Gasteiger charge is -2.34. The van der Waals surface area contributed by atoms with Gasteiger partial charge >= 0.3 is 0 Å².